The van der Waals surface area contributed by atoms with Crippen LogP contribution in [0, 0.1) is 0 Å². The average Bonchev–Trinajstić information content (AvgIpc) is 2.52. The van der Waals surface area contributed by atoms with Crippen molar-refractivity contribution in [2.45, 2.75) is 12.5 Å². The van der Waals surface area contributed by atoms with Crippen molar-refractivity contribution >= 4 is 5.91 Å². The van der Waals surface area contributed by atoms with Crippen LogP contribution in [0.15, 0.2) is 0 Å². The molecule has 0 radical (unpaired) electrons. The molecule has 0 aromatic heterocycles. The number of hydrogen-bond donors (Lipinski definition) is 2. The first kappa shape index (κ1) is 8.45. The Kier molecular flexibility index (Phi) is 3.28. The Morgan fingerprint density at radius 2 is 2.64 bits per heavy atom. The molecule has 64 valence electrons. The number of amides is 1. The van der Waals surface area contributed by atoms with Crippen molar-refractivity contribution in [1.82, 2.24) is 5.43 Å². The van der Waals surface area contributed by atoms with Crippen molar-refractivity contribution in [2.75, 3.05) is 19.8 Å². The molecule has 0 aromatic carbocycles. The highest BCUT2D eigenvalue weighted by Crippen LogP contribution is 2.07. The second-order valence-electron chi connectivity index (χ2n) is 2.36. The van der Waals surface area contributed by atoms with E-state index in [1.807, 2.05) is 5.43 Å². The quantitative estimate of drug-likeness (QED) is 0.308. The lowest BCUT2D eigenvalue weighted by Crippen LogP contribution is -2.34. The molecule has 1 heterocycles. The Labute approximate surface area is 64.8 Å². The number of hydrogen-bond acceptors (Lipinski definition) is 4. The van der Waals surface area contributed by atoms with E-state index in [4.69, 9.17) is 15.3 Å². The molecule has 0 bridgehead atoms. The molecule has 1 unspecified atom stereocenters. The highest BCUT2D eigenvalue weighted by molar-refractivity contribution is 5.76. The van der Waals surface area contributed by atoms with Gasteiger partial charge >= 0.3 is 0 Å². The van der Waals surface area contributed by atoms with Crippen LogP contribution >= 0.6 is 0 Å². The molecular weight excluding hydrogens is 148 g/mol. The van der Waals surface area contributed by atoms with Gasteiger partial charge in [-0.05, 0) is 6.42 Å². The Morgan fingerprint density at radius 3 is 3.18 bits per heavy atom. The molecule has 1 saturated heterocycles. The minimum absolute atomic E-state index is 0.0184. The second-order valence-corrected chi connectivity index (χ2v) is 2.36. The molecule has 5 heteroatoms. The first-order chi connectivity index (χ1) is 5.33. The largest absolute Gasteiger partial charge is 0.379 e. The summed E-state index contributed by atoms with van der Waals surface area (Å²) in [4.78, 5) is 10.6. The predicted molar refractivity (Wildman–Crippen MR) is 37.5 cm³/mol. The predicted octanol–water partition coefficient (Wildman–Crippen LogP) is -1.22. The van der Waals surface area contributed by atoms with Gasteiger partial charge in [0.15, 0.2) is 0 Å². The highest BCUT2D eigenvalue weighted by Gasteiger charge is 2.16. The highest BCUT2D eigenvalue weighted by atomic mass is 16.5. The average molecular weight is 160 g/mol. The SMILES string of the molecule is NNC(=O)COC1CCOC1. The van der Waals surface area contributed by atoms with Crippen molar-refractivity contribution in [3.05, 3.63) is 0 Å². The van der Waals surface area contributed by atoms with E-state index in [1.165, 1.54) is 0 Å². The van der Waals surface area contributed by atoms with Gasteiger partial charge in [0, 0.05) is 6.61 Å². The van der Waals surface area contributed by atoms with E-state index in [0.717, 1.165) is 13.0 Å². The van der Waals surface area contributed by atoms with Crippen molar-refractivity contribution in [3.63, 3.8) is 0 Å². The van der Waals surface area contributed by atoms with Gasteiger partial charge in [0.2, 0.25) is 0 Å². The molecule has 0 aromatic rings. The maximum absolute atomic E-state index is 10.6. The molecule has 1 fully saturated rings. The summed E-state index contributed by atoms with van der Waals surface area (Å²) in [6.07, 6.45) is 0.921. The standard InChI is InChI=1S/C6H12N2O3/c7-8-6(9)4-11-5-1-2-10-3-5/h5H,1-4,7H2,(H,8,9). The third-order valence-electron chi connectivity index (χ3n) is 1.50. The van der Waals surface area contributed by atoms with Gasteiger partial charge in [-0.25, -0.2) is 5.84 Å². The summed E-state index contributed by atoms with van der Waals surface area (Å²) in [5, 5.41) is 0. The van der Waals surface area contributed by atoms with E-state index in [2.05, 4.69) is 0 Å². The zero-order valence-corrected chi connectivity index (χ0v) is 6.21. The second kappa shape index (κ2) is 4.27. The van der Waals surface area contributed by atoms with Gasteiger partial charge in [-0.3, -0.25) is 10.2 Å². The van der Waals surface area contributed by atoms with Crippen LogP contribution in [0.1, 0.15) is 6.42 Å². The minimum Gasteiger partial charge on any atom is -0.379 e. The first-order valence-corrected chi connectivity index (χ1v) is 3.51. The summed E-state index contributed by atoms with van der Waals surface area (Å²) in [7, 11) is 0. The summed E-state index contributed by atoms with van der Waals surface area (Å²) in [6, 6.07) is 0. The summed E-state index contributed by atoms with van der Waals surface area (Å²) < 4.78 is 10.2. The molecular formula is C6H12N2O3. The fourth-order valence-corrected chi connectivity index (χ4v) is 0.880. The number of hydrazine groups is 1. The van der Waals surface area contributed by atoms with Crippen molar-refractivity contribution in [2.24, 2.45) is 5.84 Å². The van der Waals surface area contributed by atoms with Crippen molar-refractivity contribution < 1.29 is 14.3 Å². The zero-order chi connectivity index (χ0) is 8.10. The third kappa shape index (κ3) is 2.83. The number of rotatable bonds is 3. The van der Waals surface area contributed by atoms with Crippen LogP contribution in [-0.2, 0) is 14.3 Å². The molecule has 1 rings (SSSR count). The van der Waals surface area contributed by atoms with E-state index >= 15 is 0 Å². The van der Waals surface area contributed by atoms with Crippen LogP contribution in [0.4, 0.5) is 0 Å². The molecule has 5 nitrogen and oxygen atoms in total. The van der Waals surface area contributed by atoms with Crippen LogP contribution in [0.2, 0.25) is 0 Å². The smallest absolute Gasteiger partial charge is 0.259 e. The number of nitrogens with two attached hydrogens (primary N) is 1. The Balaban J connectivity index is 2.06. The zero-order valence-electron chi connectivity index (χ0n) is 6.21. The van der Waals surface area contributed by atoms with Gasteiger partial charge in [-0.2, -0.15) is 0 Å². The Hall–Kier alpha value is -0.650. The summed E-state index contributed by atoms with van der Waals surface area (Å²) in [6.45, 7) is 1.32. The number of carbonyl (C=O) groups is 1. The molecule has 3 N–H and O–H groups in total. The van der Waals surface area contributed by atoms with Crippen LogP contribution in [0.5, 0.6) is 0 Å². The van der Waals surface area contributed by atoms with Gasteiger partial charge in [0.1, 0.15) is 6.61 Å². The van der Waals surface area contributed by atoms with E-state index in [9.17, 15) is 4.79 Å². The normalized spacial score (nSPS) is 23.5. The monoisotopic (exact) mass is 160 g/mol. The summed E-state index contributed by atoms with van der Waals surface area (Å²) in [5.74, 6) is 4.54. The number of carbonyl (C=O) groups excluding carboxylic acids is 1. The van der Waals surface area contributed by atoms with E-state index in [0.29, 0.717) is 6.61 Å². The Morgan fingerprint density at radius 1 is 1.82 bits per heavy atom. The summed E-state index contributed by atoms with van der Waals surface area (Å²) in [5.41, 5.74) is 1.98. The molecule has 0 aliphatic carbocycles. The van der Waals surface area contributed by atoms with Gasteiger partial charge in [-0.1, -0.05) is 0 Å². The molecule has 0 spiro atoms. The third-order valence-corrected chi connectivity index (χ3v) is 1.50. The van der Waals surface area contributed by atoms with Gasteiger partial charge in [0.05, 0.1) is 12.7 Å². The number of nitrogens with one attached hydrogen (secondary N) is 1. The molecule has 1 aliphatic rings. The first-order valence-electron chi connectivity index (χ1n) is 3.51. The lowest BCUT2D eigenvalue weighted by atomic mass is 10.3. The number of ether oxygens (including phenoxy) is 2. The van der Waals surface area contributed by atoms with Crippen LogP contribution in [0.3, 0.4) is 0 Å². The van der Waals surface area contributed by atoms with Crippen LogP contribution < -0.4 is 11.3 Å². The van der Waals surface area contributed by atoms with Gasteiger partial charge in [-0.15, -0.1) is 0 Å². The van der Waals surface area contributed by atoms with E-state index < -0.39 is 0 Å². The molecule has 1 atom stereocenters. The van der Waals surface area contributed by atoms with E-state index in [-0.39, 0.29) is 18.6 Å². The Bertz CT molecular complexity index is 134. The van der Waals surface area contributed by atoms with Gasteiger partial charge < -0.3 is 9.47 Å². The topological polar surface area (TPSA) is 73.6 Å². The molecule has 1 aliphatic heterocycles. The fraction of sp³-hybridized carbons (Fsp3) is 0.833. The molecule has 1 amide bonds. The maximum Gasteiger partial charge on any atom is 0.259 e. The van der Waals surface area contributed by atoms with Gasteiger partial charge in [0.25, 0.3) is 5.91 Å². The summed E-state index contributed by atoms with van der Waals surface area (Å²) >= 11 is 0. The van der Waals surface area contributed by atoms with Crippen molar-refractivity contribution in [3.8, 4) is 0 Å². The van der Waals surface area contributed by atoms with E-state index in [1.54, 1.807) is 0 Å². The maximum atomic E-state index is 10.6. The van der Waals surface area contributed by atoms with Crippen molar-refractivity contribution in [1.29, 1.82) is 0 Å². The lowest BCUT2D eigenvalue weighted by Gasteiger charge is -2.07. The van der Waals surface area contributed by atoms with Crippen LogP contribution in [0.25, 0.3) is 0 Å². The lowest BCUT2D eigenvalue weighted by molar-refractivity contribution is -0.127. The van der Waals surface area contributed by atoms with Crippen LogP contribution in [-0.4, -0.2) is 31.8 Å². The fourth-order valence-electron chi connectivity index (χ4n) is 0.880. The molecule has 11 heavy (non-hydrogen) atoms. The minimum atomic E-state index is -0.308. The molecule has 0 saturated carbocycles.